The van der Waals surface area contributed by atoms with Gasteiger partial charge in [0, 0.05) is 6.07 Å². The molecule has 2 rings (SSSR count). The third kappa shape index (κ3) is 2.93. The average Bonchev–Trinajstić information content (AvgIpc) is 2.50. The van der Waals surface area contributed by atoms with Crippen LogP contribution in [0.1, 0.15) is 36.9 Å². The van der Waals surface area contributed by atoms with Crippen LogP contribution in [-0.4, -0.2) is 20.9 Å². The molecule has 0 unspecified atom stereocenters. The van der Waals surface area contributed by atoms with Crippen molar-refractivity contribution in [2.75, 3.05) is 0 Å². The molecule has 0 atom stereocenters. The summed E-state index contributed by atoms with van der Waals surface area (Å²) in [6.07, 6.45) is 5.11. The lowest BCUT2D eigenvalue weighted by molar-refractivity contribution is -0.137. The van der Waals surface area contributed by atoms with Crippen LogP contribution in [0.3, 0.4) is 0 Å². The highest BCUT2D eigenvalue weighted by atomic mass is 16.4. The lowest BCUT2D eigenvalue weighted by Gasteiger charge is -2.08. The smallest absolute Gasteiger partial charge is 0.305 e. The molecule has 92 valence electrons. The summed E-state index contributed by atoms with van der Waals surface area (Å²) in [5, 5.41) is 12.9. The topological polar surface area (TPSA) is 72.2 Å². The molecule has 0 spiro atoms. The van der Waals surface area contributed by atoms with Crippen molar-refractivity contribution in [3.63, 3.8) is 0 Å². The molecule has 1 aliphatic carbocycles. The Morgan fingerprint density at radius 1 is 1.35 bits per heavy atom. The number of hydrogen-bond acceptors (Lipinski definition) is 3. The minimum Gasteiger partial charge on any atom is -0.481 e. The van der Waals surface area contributed by atoms with E-state index in [2.05, 4.69) is 5.10 Å². The van der Waals surface area contributed by atoms with Gasteiger partial charge in [0.15, 0.2) is 0 Å². The van der Waals surface area contributed by atoms with E-state index in [0.29, 0.717) is 0 Å². The Labute approximate surface area is 99.1 Å². The van der Waals surface area contributed by atoms with Gasteiger partial charge in [-0.1, -0.05) is 6.42 Å². The van der Waals surface area contributed by atoms with Gasteiger partial charge in [0.1, 0.15) is 0 Å². The van der Waals surface area contributed by atoms with Crippen LogP contribution in [0.2, 0.25) is 0 Å². The molecule has 17 heavy (non-hydrogen) atoms. The van der Waals surface area contributed by atoms with Gasteiger partial charge < -0.3 is 5.11 Å². The van der Waals surface area contributed by atoms with Crippen molar-refractivity contribution in [3.05, 3.63) is 27.7 Å². The van der Waals surface area contributed by atoms with Crippen molar-refractivity contribution in [1.82, 2.24) is 9.78 Å². The molecular weight excluding hydrogens is 220 g/mol. The number of carboxylic acids is 1. The highest BCUT2D eigenvalue weighted by molar-refractivity contribution is 5.66. The standard InChI is InChI=1S/C12H16N2O3/c15-11-8-9-4-2-1-3-5-10(9)13-14(11)7-6-12(16)17/h8H,1-7H2,(H,16,17). The maximum atomic E-state index is 11.7. The Bertz CT molecular complexity index is 479. The first kappa shape index (κ1) is 11.8. The Morgan fingerprint density at radius 2 is 2.12 bits per heavy atom. The molecule has 0 aromatic carbocycles. The summed E-state index contributed by atoms with van der Waals surface area (Å²) in [5.41, 5.74) is 1.82. The molecule has 1 aromatic heterocycles. The van der Waals surface area contributed by atoms with Gasteiger partial charge in [-0.2, -0.15) is 5.10 Å². The van der Waals surface area contributed by atoms with E-state index in [1.165, 1.54) is 11.1 Å². The normalized spacial score (nSPS) is 15.1. The first-order valence-electron chi connectivity index (χ1n) is 5.98. The lowest BCUT2D eigenvalue weighted by atomic mass is 10.1. The molecule has 0 amide bonds. The van der Waals surface area contributed by atoms with E-state index in [-0.39, 0.29) is 18.5 Å². The first-order valence-corrected chi connectivity index (χ1v) is 5.98. The second kappa shape index (κ2) is 5.12. The Morgan fingerprint density at radius 3 is 2.88 bits per heavy atom. The van der Waals surface area contributed by atoms with Gasteiger partial charge in [-0.05, 0) is 31.2 Å². The quantitative estimate of drug-likeness (QED) is 0.794. The summed E-state index contributed by atoms with van der Waals surface area (Å²) in [6, 6.07) is 1.62. The summed E-state index contributed by atoms with van der Waals surface area (Å²) in [7, 11) is 0. The van der Waals surface area contributed by atoms with Crippen LogP contribution in [0.25, 0.3) is 0 Å². The maximum Gasteiger partial charge on any atom is 0.305 e. The largest absolute Gasteiger partial charge is 0.481 e. The molecule has 1 N–H and O–H groups in total. The highest BCUT2D eigenvalue weighted by Crippen LogP contribution is 2.16. The lowest BCUT2D eigenvalue weighted by Crippen LogP contribution is -2.26. The number of aliphatic carboxylic acids is 1. The second-order valence-electron chi connectivity index (χ2n) is 4.38. The zero-order valence-corrected chi connectivity index (χ0v) is 9.69. The number of fused-ring (bicyclic) bond motifs is 1. The van der Waals surface area contributed by atoms with Crippen molar-refractivity contribution in [3.8, 4) is 0 Å². The zero-order chi connectivity index (χ0) is 12.3. The van der Waals surface area contributed by atoms with E-state index < -0.39 is 5.97 Å². The van der Waals surface area contributed by atoms with E-state index in [1.54, 1.807) is 6.07 Å². The third-order valence-corrected chi connectivity index (χ3v) is 3.06. The number of aromatic nitrogens is 2. The fourth-order valence-electron chi connectivity index (χ4n) is 2.14. The molecule has 0 radical (unpaired) electrons. The molecule has 1 heterocycles. The van der Waals surface area contributed by atoms with E-state index in [0.717, 1.165) is 36.9 Å². The number of aryl methyl sites for hydroxylation is 3. The van der Waals surface area contributed by atoms with Crippen molar-refractivity contribution >= 4 is 5.97 Å². The maximum absolute atomic E-state index is 11.7. The minimum atomic E-state index is -0.909. The number of nitrogens with zero attached hydrogens (tertiary/aromatic N) is 2. The minimum absolute atomic E-state index is 0.0638. The fraction of sp³-hybridized carbons (Fsp3) is 0.583. The van der Waals surface area contributed by atoms with Gasteiger partial charge in [-0.3, -0.25) is 9.59 Å². The Balaban J connectivity index is 2.26. The van der Waals surface area contributed by atoms with Crippen molar-refractivity contribution in [2.45, 2.75) is 45.1 Å². The number of carboxylic acid groups (broad SMARTS) is 1. The molecule has 0 aliphatic heterocycles. The first-order chi connectivity index (χ1) is 8.16. The Kier molecular flexibility index (Phi) is 3.56. The molecular formula is C12H16N2O3. The monoisotopic (exact) mass is 236 g/mol. The van der Waals surface area contributed by atoms with Crippen molar-refractivity contribution in [1.29, 1.82) is 0 Å². The Hall–Kier alpha value is -1.65. The van der Waals surface area contributed by atoms with Crippen LogP contribution in [-0.2, 0) is 24.2 Å². The van der Waals surface area contributed by atoms with Crippen LogP contribution >= 0.6 is 0 Å². The van der Waals surface area contributed by atoms with Gasteiger partial charge in [-0.25, -0.2) is 4.68 Å². The molecule has 0 saturated carbocycles. The fourth-order valence-corrected chi connectivity index (χ4v) is 2.14. The van der Waals surface area contributed by atoms with Gasteiger partial charge in [0.25, 0.3) is 5.56 Å². The molecule has 0 fully saturated rings. The molecule has 0 saturated heterocycles. The summed E-state index contributed by atoms with van der Waals surface area (Å²) < 4.78 is 1.28. The van der Waals surface area contributed by atoms with Crippen LogP contribution in [0.4, 0.5) is 0 Å². The number of carbonyl (C=O) groups is 1. The third-order valence-electron chi connectivity index (χ3n) is 3.06. The summed E-state index contributed by atoms with van der Waals surface area (Å²) in [5.74, 6) is -0.909. The second-order valence-corrected chi connectivity index (χ2v) is 4.38. The zero-order valence-electron chi connectivity index (χ0n) is 9.69. The summed E-state index contributed by atoms with van der Waals surface area (Å²) >= 11 is 0. The molecule has 5 nitrogen and oxygen atoms in total. The van der Waals surface area contributed by atoms with Crippen molar-refractivity contribution < 1.29 is 9.90 Å². The van der Waals surface area contributed by atoms with E-state index in [9.17, 15) is 9.59 Å². The van der Waals surface area contributed by atoms with E-state index in [4.69, 9.17) is 5.11 Å². The number of hydrogen-bond donors (Lipinski definition) is 1. The molecule has 0 bridgehead atoms. The predicted octanol–water partition coefficient (Wildman–Crippen LogP) is 0.987. The molecule has 1 aliphatic rings. The van der Waals surface area contributed by atoms with E-state index in [1.807, 2.05) is 0 Å². The van der Waals surface area contributed by atoms with Gasteiger partial charge in [-0.15, -0.1) is 0 Å². The molecule has 1 aromatic rings. The summed E-state index contributed by atoms with van der Waals surface area (Å²) in [6.45, 7) is 0.154. The average molecular weight is 236 g/mol. The van der Waals surface area contributed by atoms with Gasteiger partial charge >= 0.3 is 5.97 Å². The van der Waals surface area contributed by atoms with Crippen LogP contribution < -0.4 is 5.56 Å². The SMILES string of the molecule is O=C(O)CCn1nc2c(cc1=O)CCCCC2. The van der Waals surface area contributed by atoms with Crippen molar-refractivity contribution in [2.24, 2.45) is 0 Å². The molecule has 5 heteroatoms. The van der Waals surface area contributed by atoms with Crippen LogP contribution in [0.15, 0.2) is 10.9 Å². The number of rotatable bonds is 3. The van der Waals surface area contributed by atoms with Gasteiger partial charge in [0.05, 0.1) is 18.7 Å². The van der Waals surface area contributed by atoms with Crippen LogP contribution in [0, 0.1) is 0 Å². The van der Waals surface area contributed by atoms with Gasteiger partial charge in [0.2, 0.25) is 0 Å². The highest BCUT2D eigenvalue weighted by Gasteiger charge is 2.12. The predicted molar refractivity (Wildman–Crippen MR) is 62.0 cm³/mol. The summed E-state index contributed by atoms with van der Waals surface area (Å²) in [4.78, 5) is 22.2. The van der Waals surface area contributed by atoms with E-state index >= 15 is 0 Å². The van der Waals surface area contributed by atoms with Crippen LogP contribution in [0.5, 0.6) is 0 Å².